The number of aromatic nitrogens is 1. The van der Waals surface area contributed by atoms with E-state index in [1.165, 1.54) is 25.7 Å². The molecule has 3 rings (SSSR count). The van der Waals surface area contributed by atoms with Crippen molar-refractivity contribution in [1.82, 2.24) is 14.8 Å². The Balaban J connectivity index is 1.59. The van der Waals surface area contributed by atoms with E-state index in [-0.39, 0.29) is 12.0 Å². The van der Waals surface area contributed by atoms with Crippen LogP contribution in [0.5, 0.6) is 0 Å². The highest BCUT2D eigenvalue weighted by Gasteiger charge is 2.28. The summed E-state index contributed by atoms with van der Waals surface area (Å²) in [5.41, 5.74) is 0.878. The molecule has 24 heavy (non-hydrogen) atoms. The summed E-state index contributed by atoms with van der Waals surface area (Å²) in [4.78, 5) is 21.4. The SMILES string of the molecule is CNc1cccc(C2CN(C(=O)CN(C)C3CCCC3)CCO2)n1. The van der Waals surface area contributed by atoms with E-state index in [2.05, 4.69) is 22.2 Å². The number of pyridine rings is 1. The van der Waals surface area contributed by atoms with E-state index in [1.54, 1.807) is 0 Å². The van der Waals surface area contributed by atoms with Crippen molar-refractivity contribution in [3.05, 3.63) is 23.9 Å². The van der Waals surface area contributed by atoms with E-state index in [0.717, 1.165) is 11.5 Å². The van der Waals surface area contributed by atoms with Crippen LogP contribution in [0, 0.1) is 0 Å². The molecule has 1 aliphatic heterocycles. The number of hydrogen-bond donors (Lipinski definition) is 1. The molecule has 0 spiro atoms. The topological polar surface area (TPSA) is 57.7 Å². The van der Waals surface area contributed by atoms with Crippen LogP contribution in [0.1, 0.15) is 37.5 Å². The smallest absolute Gasteiger partial charge is 0.236 e. The minimum absolute atomic E-state index is 0.146. The highest BCUT2D eigenvalue weighted by atomic mass is 16.5. The van der Waals surface area contributed by atoms with Gasteiger partial charge in [-0.05, 0) is 32.0 Å². The monoisotopic (exact) mass is 332 g/mol. The van der Waals surface area contributed by atoms with Crippen molar-refractivity contribution in [2.24, 2.45) is 0 Å². The predicted octanol–water partition coefficient (Wildman–Crippen LogP) is 1.90. The van der Waals surface area contributed by atoms with Gasteiger partial charge in [-0.3, -0.25) is 9.69 Å². The number of nitrogens with zero attached hydrogens (tertiary/aromatic N) is 3. The fraction of sp³-hybridized carbons (Fsp3) is 0.667. The quantitative estimate of drug-likeness (QED) is 0.892. The van der Waals surface area contributed by atoms with Crippen molar-refractivity contribution in [2.75, 3.05) is 45.7 Å². The first-order valence-corrected chi connectivity index (χ1v) is 8.91. The van der Waals surface area contributed by atoms with Crippen LogP contribution in [0.25, 0.3) is 0 Å². The number of rotatable bonds is 5. The van der Waals surface area contributed by atoms with Gasteiger partial charge >= 0.3 is 0 Å². The zero-order valence-electron chi connectivity index (χ0n) is 14.7. The Labute approximate surface area is 144 Å². The minimum Gasteiger partial charge on any atom is -0.373 e. The third kappa shape index (κ3) is 4.05. The van der Waals surface area contributed by atoms with Gasteiger partial charge in [-0.2, -0.15) is 0 Å². The lowest BCUT2D eigenvalue weighted by Gasteiger charge is -2.34. The predicted molar refractivity (Wildman–Crippen MR) is 93.9 cm³/mol. The maximum absolute atomic E-state index is 12.7. The van der Waals surface area contributed by atoms with Gasteiger partial charge < -0.3 is 15.0 Å². The third-order valence-corrected chi connectivity index (χ3v) is 5.11. The van der Waals surface area contributed by atoms with E-state index < -0.39 is 0 Å². The third-order valence-electron chi connectivity index (χ3n) is 5.11. The molecule has 1 saturated carbocycles. The molecule has 2 fully saturated rings. The molecule has 2 aliphatic rings. The highest BCUT2D eigenvalue weighted by Crippen LogP contribution is 2.24. The van der Waals surface area contributed by atoms with Crippen molar-refractivity contribution in [1.29, 1.82) is 0 Å². The lowest BCUT2D eigenvalue weighted by molar-refractivity contribution is -0.140. The standard InChI is InChI=1S/C18H28N4O2/c1-19-17-9-5-8-15(20-17)16-12-22(10-11-24-16)18(23)13-21(2)14-6-3-4-7-14/h5,8-9,14,16H,3-4,6-7,10-13H2,1-2H3,(H,19,20). The lowest BCUT2D eigenvalue weighted by atomic mass is 10.1. The second kappa shape index (κ2) is 7.94. The van der Waals surface area contributed by atoms with Gasteiger partial charge in [0.25, 0.3) is 0 Å². The molecule has 1 amide bonds. The molecule has 1 N–H and O–H groups in total. The van der Waals surface area contributed by atoms with Crippen LogP contribution in [0.4, 0.5) is 5.82 Å². The van der Waals surface area contributed by atoms with Gasteiger partial charge in [0, 0.05) is 19.6 Å². The first-order chi connectivity index (χ1) is 11.7. The summed E-state index contributed by atoms with van der Waals surface area (Å²) >= 11 is 0. The molecular formula is C18H28N4O2. The molecule has 0 aromatic carbocycles. The van der Waals surface area contributed by atoms with Crippen LogP contribution in [0.15, 0.2) is 18.2 Å². The van der Waals surface area contributed by atoms with Gasteiger partial charge in [-0.1, -0.05) is 18.9 Å². The molecule has 1 aliphatic carbocycles. The number of morpholine rings is 1. The van der Waals surface area contributed by atoms with Gasteiger partial charge in [-0.25, -0.2) is 4.98 Å². The van der Waals surface area contributed by atoms with Crippen LogP contribution in [0.2, 0.25) is 0 Å². The van der Waals surface area contributed by atoms with E-state index in [1.807, 2.05) is 30.1 Å². The molecular weight excluding hydrogens is 304 g/mol. The molecule has 2 heterocycles. The maximum Gasteiger partial charge on any atom is 0.236 e. The van der Waals surface area contributed by atoms with Crippen molar-refractivity contribution < 1.29 is 9.53 Å². The number of nitrogens with one attached hydrogen (secondary N) is 1. The van der Waals surface area contributed by atoms with Crippen LogP contribution in [-0.4, -0.2) is 67.1 Å². The molecule has 6 nitrogen and oxygen atoms in total. The second-order valence-electron chi connectivity index (χ2n) is 6.75. The molecule has 1 aromatic heterocycles. The zero-order chi connectivity index (χ0) is 16.9. The number of amides is 1. The van der Waals surface area contributed by atoms with Crippen molar-refractivity contribution in [3.63, 3.8) is 0 Å². The maximum atomic E-state index is 12.7. The average Bonchev–Trinajstić information content (AvgIpc) is 3.16. The fourth-order valence-electron chi connectivity index (χ4n) is 3.61. The van der Waals surface area contributed by atoms with Crippen LogP contribution < -0.4 is 5.32 Å². The zero-order valence-corrected chi connectivity index (χ0v) is 14.7. The van der Waals surface area contributed by atoms with E-state index in [0.29, 0.717) is 32.3 Å². The molecule has 1 atom stereocenters. The second-order valence-corrected chi connectivity index (χ2v) is 6.75. The normalized spacial score (nSPS) is 22.1. The van der Waals surface area contributed by atoms with E-state index in [4.69, 9.17) is 4.74 Å². The van der Waals surface area contributed by atoms with Crippen LogP contribution >= 0.6 is 0 Å². The van der Waals surface area contributed by atoms with E-state index in [9.17, 15) is 4.79 Å². The summed E-state index contributed by atoms with van der Waals surface area (Å²) in [5, 5.41) is 3.04. The largest absolute Gasteiger partial charge is 0.373 e. The molecule has 0 radical (unpaired) electrons. The molecule has 6 heteroatoms. The molecule has 132 valence electrons. The summed E-state index contributed by atoms with van der Waals surface area (Å²) in [6.07, 6.45) is 4.87. The Morgan fingerprint density at radius 1 is 1.42 bits per heavy atom. The first kappa shape index (κ1) is 17.2. The average molecular weight is 332 g/mol. The first-order valence-electron chi connectivity index (χ1n) is 8.91. The number of hydrogen-bond acceptors (Lipinski definition) is 5. The van der Waals surface area contributed by atoms with E-state index >= 15 is 0 Å². The van der Waals surface area contributed by atoms with Crippen molar-refractivity contribution in [2.45, 2.75) is 37.8 Å². The number of carbonyl (C=O) groups excluding carboxylic acids is 1. The minimum atomic E-state index is -0.146. The summed E-state index contributed by atoms with van der Waals surface area (Å²) in [6.45, 7) is 2.31. The van der Waals surface area contributed by atoms with Gasteiger partial charge in [-0.15, -0.1) is 0 Å². The van der Waals surface area contributed by atoms with Gasteiger partial charge in [0.1, 0.15) is 11.9 Å². The Kier molecular flexibility index (Phi) is 5.68. The van der Waals surface area contributed by atoms with Gasteiger partial charge in [0.2, 0.25) is 5.91 Å². The van der Waals surface area contributed by atoms with Gasteiger partial charge in [0.05, 0.1) is 25.4 Å². The highest BCUT2D eigenvalue weighted by molar-refractivity contribution is 5.78. The lowest BCUT2D eigenvalue weighted by Crippen LogP contribution is -2.47. The molecule has 1 saturated heterocycles. The molecule has 1 unspecified atom stereocenters. The summed E-state index contributed by atoms with van der Waals surface area (Å²) in [6, 6.07) is 6.42. The number of anilines is 1. The summed E-state index contributed by atoms with van der Waals surface area (Å²) in [7, 11) is 3.92. The Morgan fingerprint density at radius 3 is 2.96 bits per heavy atom. The number of ether oxygens (including phenoxy) is 1. The summed E-state index contributed by atoms with van der Waals surface area (Å²) in [5.74, 6) is 1.02. The fourth-order valence-corrected chi connectivity index (χ4v) is 3.61. The number of likely N-dealkylation sites (N-methyl/N-ethyl adjacent to an activating group) is 1. The summed E-state index contributed by atoms with van der Waals surface area (Å²) < 4.78 is 5.85. The number of carbonyl (C=O) groups is 1. The van der Waals surface area contributed by atoms with Crippen LogP contribution in [-0.2, 0) is 9.53 Å². The van der Waals surface area contributed by atoms with Crippen LogP contribution in [0.3, 0.4) is 0 Å². The van der Waals surface area contributed by atoms with Crippen molar-refractivity contribution >= 4 is 11.7 Å². The van der Waals surface area contributed by atoms with Crippen molar-refractivity contribution in [3.8, 4) is 0 Å². The molecule has 1 aromatic rings. The van der Waals surface area contributed by atoms with Gasteiger partial charge in [0.15, 0.2) is 0 Å². The Bertz CT molecular complexity index is 560. The Hall–Kier alpha value is -1.66. The Morgan fingerprint density at radius 2 is 2.21 bits per heavy atom. The molecule has 0 bridgehead atoms.